The molecule has 0 radical (unpaired) electrons. The zero-order chi connectivity index (χ0) is 14.7. The normalized spacial score (nSPS) is 24.8. The third kappa shape index (κ3) is 3.34. The summed E-state index contributed by atoms with van der Waals surface area (Å²) >= 11 is 0. The highest BCUT2D eigenvalue weighted by atomic mass is 16.5. The van der Waals surface area contributed by atoms with Crippen LogP contribution >= 0.6 is 0 Å². The fraction of sp³-hybridized carbons (Fsp3) is 0.667. The van der Waals surface area contributed by atoms with Crippen molar-refractivity contribution in [2.75, 3.05) is 19.0 Å². The Morgan fingerprint density at radius 2 is 2.05 bits per heavy atom. The van der Waals surface area contributed by atoms with E-state index in [2.05, 4.69) is 24.4 Å². The van der Waals surface area contributed by atoms with E-state index in [9.17, 15) is 0 Å². The number of ether oxygens (including phenoxy) is 2. The molecule has 1 heterocycles. The number of aryl methyl sites for hydroxylation is 1. The molecule has 1 atom stereocenters. The van der Waals surface area contributed by atoms with Crippen LogP contribution < -0.4 is 10.1 Å². The number of hydrogen-bond donors (Lipinski definition) is 1. The van der Waals surface area contributed by atoms with E-state index in [1.54, 1.807) is 7.11 Å². The van der Waals surface area contributed by atoms with Gasteiger partial charge in [0.05, 0.1) is 12.7 Å². The van der Waals surface area contributed by atoms with Gasteiger partial charge in [-0.1, -0.05) is 19.3 Å². The molecule has 1 saturated heterocycles. The van der Waals surface area contributed by atoms with Crippen molar-refractivity contribution in [2.24, 2.45) is 0 Å². The Hall–Kier alpha value is -1.22. The number of nitrogens with one attached hydrogen (secondary N) is 1. The third-order valence-corrected chi connectivity index (χ3v) is 5.02. The van der Waals surface area contributed by atoms with Crippen LogP contribution in [0.15, 0.2) is 18.2 Å². The highest BCUT2D eigenvalue weighted by Gasteiger charge is 2.38. The van der Waals surface area contributed by atoms with E-state index >= 15 is 0 Å². The molecule has 2 aliphatic rings. The fourth-order valence-corrected chi connectivity index (χ4v) is 3.90. The van der Waals surface area contributed by atoms with Gasteiger partial charge in [-0.25, -0.2) is 0 Å². The Balaban J connectivity index is 1.65. The topological polar surface area (TPSA) is 30.5 Å². The molecule has 1 aromatic carbocycles. The molecule has 1 spiro atoms. The fourth-order valence-electron chi connectivity index (χ4n) is 3.90. The van der Waals surface area contributed by atoms with Crippen LogP contribution in [0.25, 0.3) is 0 Å². The third-order valence-electron chi connectivity index (χ3n) is 5.02. The Kier molecular flexibility index (Phi) is 4.39. The monoisotopic (exact) mass is 289 g/mol. The first-order valence-corrected chi connectivity index (χ1v) is 8.26. The lowest BCUT2D eigenvalue weighted by molar-refractivity contribution is -0.103. The number of benzene rings is 1. The first kappa shape index (κ1) is 14.7. The molecule has 1 unspecified atom stereocenters. The van der Waals surface area contributed by atoms with Gasteiger partial charge in [0.25, 0.3) is 0 Å². The molecule has 0 aromatic heterocycles. The maximum absolute atomic E-state index is 6.17. The van der Waals surface area contributed by atoms with E-state index in [1.807, 2.05) is 6.07 Å². The van der Waals surface area contributed by atoms with Crippen molar-refractivity contribution in [3.63, 3.8) is 0 Å². The second-order valence-electron chi connectivity index (χ2n) is 6.61. The molecule has 1 aliphatic heterocycles. The quantitative estimate of drug-likeness (QED) is 0.900. The van der Waals surface area contributed by atoms with Crippen LogP contribution in [0, 0.1) is 6.92 Å². The summed E-state index contributed by atoms with van der Waals surface area (Å²) in [6.45, 7) is 2.99. The summed E-state index contributed by atoms with van der Waals surface area (Å²) in [6, 6.07) is 6.88. The molecule has 1 saturated carbocycles. The smallest absolute Gasteiger partial charge is 0.121 e. The molecule has 3 rings (SSSR count). The summed E-state index contributed by atoms with van der Waals surface area (Å²) in [7, 11) is 1.72. The number of anilines is 1. The van der Waals surface area contributed by atoms with E-state index in [0.29, 0.717) is 6.04 Å². The maximum atomic E-state index is 6.17. The lowest BCUT2D eigenvalue weighted by Crippen LogP contribution is -2.45. The van der Waals surface area contributed by atoms with E-state index < -0.39 is 0 Å². The van der Waals surface area contributed by atoms with Crippen molar-refractivity contribution in [1.29, 1.82) is 0 Å². The molecule has 1 aromatic rings. The summed E-state index contributed by atoms with van der Waals surface area (Å²) in [6.07, 6.45) is 8.77. The van der Waals surface area contributed by atoms with Crippen LogP contribution in [0.2, 0.25) is 0 Å². The molecule has 3 heteroatoms. The Bertz CT molecular complexity index is 475. The lowest BCUT2D eigenvalue weighted by Gasteiger charge is -2.44. The van der Waals surface area contributed by atoms with Crippen molar-refractivity contribution in [1.82, 2.24) is 0 Å². The van der Waals surface area contributed by atoms with Crippen LogP contribution in [0.1, 0.15) is 50.5 Å². The van der Waals surface area contributed by atoms with Crippen LogP contribution in [0.3, 0.4) is 0 Å². The first-order valence-electron chi connectivity index (χ1n) is 8.26. The van der Waals surface area contributed by atoms with Gasteiger partial charge >= 0.3 is 0 Å². The van der Waals surface area contributed by atoms with Crippen molar-refractivity contribution >= 4 is 5.69 Å². The minimum atomic E-state index is 0.162. The van der Waals surface area contributed by atoms with Gasteiger partial charge in [0.1, 0.15) is 5.75 Å². The van der Waals surface area contributed by atoms with Crippen molar-refractivity contribution < 1.29 is 9.47 Å². The van der Waals surface area contributed by atoms with Gasteiger partial charge < -0.3 is 14.8 Å². The minimum Gasteiger partial charge on any atom is -0.496 e. The summed E-state index contributed by atoms with van der Waals surface area (Å²) in [5.74, 6) is 0.955. The van der Waals surface area contributed by atoms with Crippen molar-refractivity contribution in [3.8, 4) is 5.75 Å². The number of rotatable bonds is 3. The molecule has 3 nitrogen and oxygen atoms in total. The van der Waals surface area contributed by atoms with Crippen molar-refractivity contribution in [3.05, 3.63) is 23.8 Å². The number of hydrogen-bond acceptors (Lipinski definition) is 3. The van der Waals surface area contributed by atoms with Crippen LogP contribution in [-0.2, 0) is 4.74 Å². The highest BCUT2D eigenvalue weighted by Crippen LogP contribution is 2.39. The highest BCUT2D eigenvalue weighted by molar-refractivity contribution is 5.51. The van der Waals surface area contributed by atoms with Gasteiger partial charge in [-0.3, -0.25) is 0 Å². The predicted molar refractivity (Wildman–Crippen MR) is 86.1 cm³/mol. The first-order chi connectivity index (χ1) is 10.2. The molecule has 1 aliphatic carbocycles. The Morgan fingerprint density at radius 3 is 2.76 bits per heavy atom. The van der Waals surface area contributed by atoms with Crippen LogP contribution in [-0.4, -0.2) is 25.4 Å². The van der Waals surface area contributed by atoms with Crippen molar-refractivity contribution in [2.45, 2.75) is 63.5 Å². The Labute approximate surface area is 128 Å². The lowest BCUT2D eigenvalue weighted by atomic mass is 9.78. The van der Waals surface area contributed by atoms with Gasteiger partial charge in [0.15, 0.2) is 0 Å². The zero-order valence-corrected chi connectivity index (χ0v) is 13.3. The molecular formula is C18H27NO2. The molecule has 21 heavy (non-hydrogen) atoms. The second-order valence-corrected chi connectivity index (χ2v) is 6.61. The molecule has 2 fully saturated rings. The summed E-state index contributed by atoms with van der Waals surface area (Å²) in [4.78, 5) is 0. The predicted octanol–water partition coefficient (Wildman–Crippen LogP) is 4.30. The molecule has 0 amide bonds. The molecule has 0 bridgehead atoms. The molecule has 1 N–H and O–H groups in total. The van der Waals surface area contributed by atoms with Crippen LogP contribution in [0.5, 0.6) is 5.75 Å². The van der Waals surface area contributed by atoms with Gasteiger partial charge in [0, 0.05) is 18.3 Å². The van der Waals surface area contributed by atoms with E-state index in [0.717, 1.165) is 25.2 Å². The summed E-state index contributed by atoms with van der Waals surface area (Å²) in [5, 5.41) is 3.71. The minimum absolute atomic E-state index is 0.162. The Morgan fingerprint density at radius 1 is 1.24 bits per heavy atom. The van der Waals surface area contributed by atoms with E-state index in [4.69, 9.17) is 9.47 Å². The molecular weight excluding hydrogens is 262 g/mol. The summed E-state index contributed by atoms with van der Waals surface area (Å²) in [5.41, 5.74) is 2.54. The zero-order valence-electron chi connectivity index (χ0n) is 13.3. The van der Waals surface area contributed by atoms with Crippen LogP contribution in [0.4, 0.5) is 5.69 Å². The largest absolute Gasteiger partial charge is 0.496 e. The SMILES string of the molecule is COc1ccc(NC2CCOC3(CCCCC3)C2)cc1C. The number of methoxy groups -OCH3 is 1. The van der Waals surface area contributed by atoms with Gasteiger partial charge in [-0.15, -0.1) is 0 Å². The summed E-state index contributed by atoms with van der Waals surface area (Å²) < 4.78 is 11.5. The van der Waals surface area contributed by atoms with Gasteiger partial charge in [-0.05, 0) is 56.4 Å². The molecule has 116 valence electrons. The average molecular weight is 289 g/mol. The average Bonchev–Trinajstić information content (AvgIpc) is 2.48. The van der Waals surface area contributed by atoms with Gasteiger partial charge in [-0.2, -0.15) is 0 Å². The van der Waals surface area contributed by atoms with Gasteiger partial charge in [0.2, 0.25) is 0 Å². The standard InChI is InChI=1S/C18H27NO2/c1-14-12-15(6-7-17(14)20-2)19-16-8-11-21-18(13-16)9-4-3-5-10-18/h6-7,12,16,19H,3-5,8-11,13H2,1-2H3. The van der Waals surface area contributed by atoms with E-state index in [1.165, 1.54) is 43.4 Å². The second kappa shape index (κ2) is 6.27. The maximum Gasteiger partial charge on any atom is 0.121 e. The van der Waals surface area contributed by atoms with E-state index in [-0.39, 0.29) is 5.60 Å².